The van der Waals surface area contributed by atoms with Crippen molar-refractivity contribution in [1.82, 2.24) is 15.5 Å². The zero-order valence-electron chi connectivity index (χ0n) is 12.4. The summed E-state index contributed by atoms with van der Waals surface area (Å²) in [5, 5.41) is 6.18. The van der Waals surface area contributed by atoms with E-state index in [1.807, 2.05) is 27.7 Å². The largest absolute Gasteiger partial charge is 0.325 e. The second kappa shape index (κ2) is 4.78. The predicted molar refractivity (Wildman–Crippen MR) is 73.7 cm³/mol. The highest BCUT2D eigenvalue weighted by atomic mass is 16.2. The Kier molecular flexibility index (Phi) is 3.60. The maximum atomic E-state index is 12.6. The first kappa shape index (κ1) is 14.3. The van der Waals surface area contributed by atoms with E-state index in [0.29, 0.717) is 12.5 Å². The van der Waals surface area contributed by atoms with Crippen LogP contribution in [0.3, 0.4) is 0 Å². The van der Waals surface area contributed by atoms with Gasteiger partial charge >= 0.3 is 6.03 Å². The summed E-state index contributed by atoms with van der Waals surface area (Å²) in [6.45, 7) is 10.3. The molecule has 2 fully saturated rings. The summed E-state index contributed by atoms with van der Waals surface area (Å²) < 4.78 is 0. The molecule has 2 saturated heterocycles. The fraction of sp³-hybridized carbons (Fsp3) is 0.857. The lowest BCUT2D eigenvalue weighted by molar-refractivity contribution is -0.134. The highest BCUT2D eigenvalue weighted by Gasteiger charge is 2.54. The zero-order chi connectivity index (χ0) is 14.3. The number of imide groups is 1. The van der Waals surface area contributed by atoms with Crippen molar-refractivity contribution in [1.29, 1.82) is 0 Å². The van der Waals surface area contributed by atoms with Crippen LogP contribution in [-0.4, -0.2) is 42.0 Å². The summed E-state index contributed by atoms with van der Waals surface area (Å²) in [4.78, 5) is 26.1. The summed E-state index contributed by atoms with van der Waals surface area (Å²) in [5.41, 5.74) is -1.08. The van der Waals surface area contributed by atoms with Crippen LogP contribution < -0.4 is 10.6 Å². The second-order valence-electron chi connectivity index (χ2n) is 6.91. The highest BCUT2D eigenvalue weighted by molar-refractivity contribution is 6.07. The maximum Gasteiger partial charge on any atom is 0.325 e. The van der Waals surface area contributed by atoms with Crippen LogP contribution in [0.5, 0.6) is 0 Å². The molecule has 108 valence electrons. The van der Waals surface area contributed by atoms with Crippen LogP contribution in [-0.2, 0) is 4.79 Å². The van der Waals surface area contributed by atoms with E-state index in [-0.39, 0.29) is 17.4 Å². The number of piperidine rings is 1. The third-order valence-electron chi connectivity index (χ3n) is 4.67. The van der Waals surface area contributed by atoms with Crippen LogP contribution in [0, 0.1) is 11.3 Å². The number of urea groups is 1. The second-order valence-corrected chi connectivity index (χ2v) is 6.91. The van der Waals surface area contributed by atoms with Crippen molar-refractivity contribution in [3.05, 3.63) is 0 Å². The van der Waals surface area contributed by atoms with E-state index in [4.69, 9.17) is 0 Å². The molecule has 2 N–H and O–H groups in total. The molecule has 1 atom stereocenters. The molecule has 5 nitrogen and oxygen atoms in total. The normalized spacial score (nSPS) is 29.8. The lowest BCUT2D eigenvalue weighted by atomic mass is 9.75. The topological polar surface area (TPSA) is 61.4 Å². The molecule has 0 radical (unpaired) electrons. The van der Waals surface area contributed by atoms with Crippen molar-refractivity contribution in [2.24, 2.45) is 11.3 Å². The number of hydrogen-bond acceptors (Lipinski definition) is 3. The number of hydrogen-bond donors (Lipinski definition) is 2. The molecule has 2 aliphatic heterocycles. The quantitative estimate of drug-likeness (QED) is 0.742. The van der Waals surface area contributed by atoms with Gasteiger partial charge in [0.15, 0.2) is 0 Å². The summed E-state index contributed by atoms with van der Waals surface area (Å²) in [5.74, 6) is 0.349. The Morgan fingerprint density at radius 1 is 1.26 bits per heavy atom. The van der Waals surface area contributed by atoms with Gasteiger partial charge in [-0.25, -0.2) is 4.79 Å². The third-order valence-corrected chi connectivity index (χ3v) is 4.67. The summed E-state index contributed by atoms with van der Waals surface area (Å²) in [7, 11) is 0. The molecular formula is C14H25N3O2. The molecule has 0 saturated carbocycles. The lowest BCUT2D eigenvalue weighted by Crippen LogP contribution is -2.54. The van der Waals surface area contributed by atoms with E-state index in [9.17, 15) is 9.59 Å². The van der Waals surface area contributed by atoms with Gasteiger partial charge < -0.3 is 10.6 Å². The van der Waals surface area contributed by atoms with Gasteiger partial charge in [-0.1, -0.05) is 20.8 Å². The van der Waals surface area contributed by atoms with Gasteiger partial charge in [0.2, 0.25) is 0 Å². The van der Waals surface area contributed by atoms with E-state index in [0.717, 1.165) is 25.9 Å². The number of rotatable bonds is 2. The molecule has 2 rings (SSSR count). The molecule has 1 unspecified atom stereocenters. The van der Waals surface area contributed by atoms with Crippen LogP contribution >= 0.6 is 0 Å². The fourth-order valence-electron chi connectivity index (χ4n) is 2.69. The van der Waals surface area contributed by atoms with Crippen molar-refractivity contribution in [3.8, 4) is 0 Å². The summed E-state index contributed by atoms with van der Waals surface area (Å²) in [6, 6.07) is -0.235. The van der Waals surface area contributed by atoms with Crippen molar-refractivity contribution in [2.75, 3.05) is 19.6 Å². The molecule has 0 aromatic heterocycles. The molecule has 0 aliphatic carbocycles. The van der Waals surface area contributed by atoms with Gasteiger partial charge in [-0.2, -0.15) is 0 Å². The fourth-order valence-corrected chi connectivity index (χ4v) is 2.69. The number of carbonyl (C=O) groups excluding carboxylic acids is 2. The van der Waals surface area contributed by atoms with E-state index < -0.39 is 5.54 Å². The Balaban J connectivity index is 2.10. The number of nitrogens with one attached hydrogen (secondary N) is 2. The average Bonchev–Trinajstić information content (AvgIpc) is 2.55. The predicted octanol–water partition coefficient (Wildman–Crippen LogP) is 1.34. The Bertz CT molecular complexity index is 383. The zero-order valence-corrected chi connectivity index (χ0v) is 12.4. The molecular weight excluding hydrogens is 242 g/mol. The highest BCUT2D eigenvalue weighted by Crippen LogP contribution is 2.35. The van der Waals surface area contributed by atoms with Crippen LogP contribution in [0.2, 0.25) is 0 Å². The summed E-state index contributed by atoms with van der Waals surface area (Å²) in [6.07, 6.45) is 2.06. The first-order chi connectivity index (χ1) is 8.75. The van der Waals surface area contributed by atoms with Crippen molar-refractivity contribution in [3.63, 3.8) is 0 Å². The van der Waals surface area contributed by atoms with Crippen molar-refractivity contribution in [2.45, 2.75) is 46.1 Å². The first-order valence-corrected chi connectivity index (χ1v) is 7.10. The van der Waals surface area contributed by atoms with E-state index in [1.165, 1.54) is 4.90 Å². The van der Waals surface area contributed by atoms with E-state index >= 15 is 0 Å². The van der Waals surface area contributed by atoms with Gasteiger partial charge in [0.05, 0.1) is 0 Å². The minimum atomic E-state index is -0.795. The minimum Gasteiger partial charge on any atom is -0.323 e. The molecule has 0 bridgehead atoms. The SMILES string of the molecule is CC(C)(C)C1(C)NC(=O)N(CC2CCNCC2)C1=O. The monoisotopic (exact) mass is 267 g/mol. The molecule has 0 aromatic rings. The molecule has 2 heterocycles. The Hall–Kier alpha value is -1.10. The van der Waals surface area contributed by atoms with Gasteiger partial charge in [-0.05, 0) is 44.2 Å². The number of amides is 3. The van der Waals surface area contributed by atoms with Gasteiger partial charge in [0.25, 0.3) is 5.91 Å². The molecule has 5 heteroatoms. The number of carbonyl (C=O) groups is 2. The van der Waals surface area contributed by atoms with E-state index in [1.54, 1.807) is 0 Å². The molecule has 19 heavy (non-hydrogen) atoms. The van der Waals surface area contributed by atoms with E-state index in [2.05, 4.69) is 10.6 Å². The smallest absolute Gasteiger partial charge is 0.323 e. The maximum absolute atomic E-state index is 12.6. The van der Waals surface area contributed by atoms with Crippen LogP contribution in [0.25, 0.3) is 0 Å². The van der Waals surface area contributed by atoms with Gasteiger partial charge in [0.1, 0.15) is 5.54 Å². The molecule has 0 aromatic carbocycles. The standard InChI is InChI=1S/C14H25N3O2/c1-13(2,3)14(4)11(18)17(12(19)16-14)9-10-5-7-15-8-6-10/h10,15H,5-9H2,1-4H3,(H,16,19). The first-order valence-electron chi connectivity index (χ1n) is 7.10. The van der Waals surface area contributed by atoms with Crippen LogP contribution in [0.15, 0.2) is 0 Å². The molecule has 3 amide bonds. The molecule has 0 spiro atoms. The average molecular weight is 267 g/mol. The third kappa shape index (κ3) is 2.48. The molecule has 2 aliphatic rings. The number of nitrogens with zero attached hydrogens (tertiary/aromatic N) is 1. The van der Waals surface area contributed by atoms with Gasteiger partial charge in [-0.15, -0.1) is 0 Å². The Morgan fingerprint density at radius 3 is 2.32 bits per heavy atom. The minimum absolute atomic E-state index is 0.0801. The Labute approximate surface area is 115 Å². The van der Waals surface area contributed by atoms with Crippen LogP contribution in [0.4, 0.5) is 4.79 Å². The lowest BCUT2D eigenvalue weighted by Gasteiger charge is -2.36. The van der Waals surface area contributed by atoms with Crippen molar-refractivity contribution >= 4 is 11.9 Å². The van der Waals surface area contributed by atoms with Crippen molar-refractivity contribution < 1.29 is 9.59 Å². The Morgan fingerprint density at radius 2 is 1.84 bits per heavy atom. The van der Waals surface area contributed by atoms with Gasteiger partial charge in [0, 0.05) is 6.54 Å². The van der Waals surface area contributed by atoms with Gasteiger partial charge in [-0.3, -0.25) is 9.69 Å². The summed E-state index contributed by atoms with van der Waals surface area (Å²) >= 11 is 0. The van der Waals surface area contributed by atoms with Crippen LogP contribution in [0.1, 0.15) is 40.5 Å².